The van der Waals surface area contributed by atoms with Crippen molar-refractivity contribution in [2.45, 2.75) is 26.4 Å². The lowest BCUT2D eigenvalue weighted by molar-refractivity contribution is 0.0761. The number of benzene rings is 1. The molecule has 2 unspecified atom stereocenters. The minimum Gasteiger partial charge on any atom is -0.493 e. The molecule has 0 saturated carbocycles. The van der Waals surface area contributed by atoms with Gasteiger partial charge in [0.15, 0.2) is 5.78 Å². The summed E-state index contributed by atoms with van der Waals surface area (Å²) in [6, 6.07) is 5.55. The molecule has 1 aliphatic heterocycles. The molecule has 1 aliphatic rings. The molecule has 1 fully saturated rings. The molecular weight excluding hydrogens is 296 g/mol. The Hall–Kier alpha value is -0.870. The predicted molar refractivity (Wildman–Crippen MR) is 73.2 cm³/mol. The van der Waals surface area contributed by atoms with E-state index in [2.05, 4.69) is 15.9 Å². The third-order valence-electron chi connectivity index (χ3n) is 3.22. The minimum atomic E-state index is -0.0569. The Morgan fingerprint density at radius 3 is 2.94 bits per heavy atom. The maximum absolute atomic E-state index is 12.5. The molecule has 1 heterocycles. The van der Waals surface area contributed by atoms with Crippen molar-refractivity contribution in [2.75, 3.05) is 13.2 Å². The van der Waals surface area contributed by atoms with Crippen LogP contribution in [0.5, 0.6) is 5.75 Å². The molecule has 1 aromatic carbocycles. The zero-order chi connectivity index (χ0) is 13.1. The van der Waals surface area contributed by atoms with Crippen molar-refractivity contribution in [1.29, 1.82) is 0 Å². The van der Waals surface area contributed by atoms with E-state index in [0.717, 1.165) is 10.9 Å². The molecule has 1 aromatic rings. The Morgan fingerprint density at radius 2 is 2.33 bits per heavy atom. The van der Waals surface area contributed by atoms with E-state index in [0.29, 0.717) is 24.5 Å². The van der Waals surface area contributed by atoms with E-state index >= 15 is 0 Å². The van der Waals surface area contributed by atoms with E-state index in [1.807, 2.05) is 32.0 Å². The maximum Gasteiger partial charge on any atom is 0.172 e. The van der Waals surface area contributed by atoms with Crippen molar-refractivity contribution in [3.05, 3.63) is 28.2 Å². The van der Waals surface area contributed by atoms with E-state index in [4.69, 9.17) is 9.47 Å². The Balaban J connectivity index is 2.30. The van der Waals surface area contributed by atoms with E-state index in [9.17, 15) is 4.79 Å². The maximum atomic E-state index is 12.5. The van der Waals surface area contributed by atoms with Crippen LogP contribution in [0.1, 0.15) is 30.6 Å². The molecule has 18 heavy (non-hydrogen) atoms. The smallest absolute Gasteiger partial charge is 0.172 e. The molecule has 1 saturated heterocycles. The van der Waals surface area contributed by atoms with Gasteiger partial charge in [0, 0.05) is 11.1 Å². The fourth-order valence-electron chi connectivity index (χ4n) is 2.25. The molecular formula is C14H17BrO3. The van der Waals surface area contributed by atoms with Gasteiger partial charge in [0.05, 0.1) is 24.2 Å². The van der Waals surface area contributed by atoms with E-state index in [-0.39, 0.29) is 17.8 Å². The standard InChI is InChI=1S/C14H17BrO3/c1-3-17-13-5-4-10(15)8-12(13)14(16)11-6-7-18-9(11)2/h4-5,8-9,11H,3,6-7H2,1-2H3. The van der Waals surface area contributed by atoms with E-state index in [1.54, 1.807) is 0 Å². The van der Waals surface area contributed by atoms with Crippen molar-refractivity contribution in [1.82, 2.24) is 0 Å². The first-order valence-corrected chi connectivity index (χ1v) is 7.01. The Morgan fingerprint density at radius 1 is 1.56 bits per heavy atom. The molecule has 0 radical (unpaired) electrons. The van der Waals surface area contributed by atoms with Crippen LogP contribution in [0.2, 0.25) is 0 Å². The van der Waals surface area contributed by atoms with E-state index < -0.39 is 0 Å². The SMILES string of the molecule is CCOc1ccc(Br)cc1C(=O)C1CCOC1C. The first kappa shape index (κ1) is 13.6. The molecule has 0 amide bonds. The zero-order valence-electron chi connectivity index (χ0n) is 10.6. The van der Waals surface area contributed by atoms with Crippen LogP contribution >= 0.6 is 15.9 Å². The quantitative estimate of drug-likeness (QED) is 0.799. The van der Waals surface area contributed by atoms with Gasteiger partial charge in [-0.3, -0.25) is 4.79 Å². The summed E-state index contributed by atoms with van der Waals surface area (Å²) < 4.78 is 11.9. The molecule has 4 heteroatoms. The van der Waals surface area contributed by atoms with Crippen molar-refractivity contribution >= 4 is 21.7 Å². The molecule has 0 N–H and O–H groups in total. The predicted octanol–water partition coefficient (Wildman–Crippen LogP) is 3.46. The second kappa shape index (κ2) is 5.85. The second-order valence-corrected chi connectivity index (χ2v) is 5.32. The summed E-state index contributed by atoms with van der Waals surface area (Å²) in [6.45, 7) is 5.08. The number of hydrogen-bond donors (Lipinski definition) is 0. The van der Waals surface area contributed by atoms with Gasteiger partial charge in [-0.25, -0.2) is 0 Å². The highest BCUT2D eigenvalue weighted by Gasteiger charge is 2.32. The summed E-state index contributed by atoms with van der Waals surface area (Å²) >= 11 is 3.40. The highest BCUT2D eigenvalue weighted by molar-refractivity contribution is 9.10. The molecule has 2 rings (SSSR count). The number of carbonyl (C=O) groups is 1. The van der Waals surface area contributed by atoms with Crippen LogP contribution in [0.4, 0.5) is 0 Å². The Bertz CT molecular complexity index is 445. The van der Waals surface area contributed by atoms with Crippen LogP contribution in [0, 0.1) is 5.92 Å². The molecule has 0 aromatic heterocycles. The third-order valence-corrected chi connectivity index (χ3v) is 3.71. The van der Waals surface area contributed by atoms with Crippen molar-refractivity contribution in [3.63, 3.8) is 0 Å². The van der Waals surface area contributed by atoms with Gasteiger partial charge in [-0.05, 0) is 38.5 Å². The fourth-order valence-corrected chi connectivity index (χ4v) is 2.61. The monoisotopic (exact) mass is 312 g/mol. The summed E-state index contributed by atoms with van der Waals surface area (Å²) in [4.78, 5) is 12.5. The first-order chi connectivity index (χ1) is 8.63. The van der Waals surface area contributed by atoms with Gasteiger partial charge in [0.2, 0.25) is 0 Å². The molecule has 98 valence electrons. The second-order valence-electron chi connectivity index (χ2n) is 4.41. The average Bonchev–Trinajstić information content (AvgIpc) is 2.77. The van der Waals surface area contributed by atoms with E-state index in [1.165, 1.54) is 0 Å². The van der Waals surface area contributed by atoms with Crippen molar-refractivity contribution in [2.24, 2.45) is 5.92 Å². The third kappa shape index (κ3) is 2.75. The van der Waals surface area contributed by atoms with Gasteiger partial charge in [-0.2, -0.15) is 0 Å². The largest absolute Gasteiger partial charge is 0.493 e. The Kier molecular flexibility index (Phi) is 4.40. The molecule has 2 atom stereocenters. The minimum absolute atomic E-state index is 0.00837. The number of carbonyl (C=O) groups excluding carboxylic acids is 1. The van der Waals surface area contributed by atoms with Crippen LogP contribution in [-0.4, -0.2) is 25.1 Å². The number of ether oxygens (including phenoxy) is 2. The summed E-state index contributed by atoms with van der Waals surface area (Å²) in [5, 5.41) is 0. The number of halogens is 1. The van der Waals surface area contributed by atoms with Gasteiger partial charge >= 0.3 is 0 Å². The lowest BCUT2D eigenvalue weighted by Gasteiger charge is -2.15. The number of rotatable bonds is 4. The number of ketones is 1. The molecule has 0 spiro atoms. The van der Waals surface area contributed by atoms with Crippen LogP contribution < -0.4 is 4.74 Å². The summed E-state index contributed by atoms with van der Waals surface area (Å²) in [5.74, 6) is 0.716. The average molecular weight is 313 g/mol. The summed E-state index contributed by atoms with van der Waals surface area (Å²) in [5.41, 5.74) is 0.647. The Labute approximate surface area is 116 Å². The summed E-state index contributed by atoms with van der Waals surface area (Å²) in [6.07, 6.45) is 0.781. The van der Waals surface area contributed by atoms with Gasteiger partial charge in [-0.1, -0.05) is 15.9 Å². The van der Waals surface area contributed by atoms with Crippen LogP contribution in [0.3, 0.4) is 0 Å². The normalized spacial score (nSPS) is 23.1. The van der Waals surface area contributed by atoms with Crippen LogP contribution in [0.15, 0.2) is 22.7 Å². The van der Waals surface area contributed by atoms with Crippen LogP contribution in [-0.2, 0) is 4.74 Å². The molecule has 0 aliphatic carbocycles. The van der Waals surface area contributed by atoms with Crippen LogP contribution in [0.25, 0.3) is 0 Å². The zero-order valence-corrected chi connectivity index (χ0v) is 12.2. The lowest BCUT2D eigenvalue weighted by atomic mass is 9.92. The van der Waals surface area contributed by atoms with Crippen molar-refractivity contribution < 1.29 is 14.3 Å². The van der Waals surface area contributed by atoms with Gasteiger partial charge in [0.25, 0.3) is 0 Å². The highest BCUT2D eigenvalue weighted by atomic mass is 79.9. The fraction of sp³-hybridized carbons (Fsp3) is 0.500. The first-order valence-electron chi connectivity index (χ1n) is 6.21. The molecule has 0 bridgehead atoms. The van der Waals surface area contributed by atoms with Gasteiger partial charge in [-0.15, -0.1) is 0 Å². The summed E-state index contributed by atoms with van der Waals surface area (Å²) in [7, 11) is 0. The van der Waals surface area contributed by atoms with Gasteiger partial charge in [0.1, 0.15) is 5.75 Å². The van der Waals surface area contributed by atoms with Crippen molar-refractivity contribution in [3.8, 4) is 5.75 Å². The number of Topliss-reactive ketones (excluding diaryl/α,β-unsaturated/α-hetero) is 1. The number of hydrogen-bond acceptors (Lipinski definition) is 3. The topological polar surface area (TPSA) is 35.5 Å². The lowest BCUT2D eigenvalue weighted by Crippen LogP contribution is -2.22. The highest BCUT2D eigenvalue weighted by Crippen LogP contribution is 2.30. The molecule has 3 nitrogen and oxygen atoms in total. The van der Waals surface area contributed by atoms with Gasteiger partial charge < -0.3 is 9.47 Å².